The number of hydrogen-bond acceptors (Lipinski definition) is 4. The van der Waals surface area contributed by atoms with Gasteiger partial charge in [0.25, 0.3) is 0 Å². The van der Waals surface area contributed by atoms with Gasteiger partial charge < -0.3 is 9.30 Å². The topological polar surface area (TPSA) is 72.8 Å². The monoisotopic (exact) mass is 410 g/mol. The van der Waals surface area contributed by atoms with Crippen LogP contribution in [0.3, 0.4) is 0 Å². The van der Waals surface area contributed by atoms with Crippen LogP contribution in [-0.2, 0) is 9.53 Å². The Morgan fingerprint density at radius 1 is 1.24 bits per heavy atom. The Morgan fingerprint density at radius 2 is 2.03 bits per heavy atom. The van der Waals surface area contributed by atoms with E-state index in [9.17, 15) is 4.79 Å². The summed E-state index contributed by atoms with van der Waals surface area (Å²) in [5.41, 5.74) is 3.36. The minimum Gasteiger partial charge on any atom is -0.469 e. The van der Waals surface area contributed by atoms with Crippen molar-refractivity contribution in [2.75, 3.05) is 7.11 Å². The van der Waals surface area contributed by atoms with E-state index in [-0.39, 0.29) is 23.8 Å². The number of methoxy groups -OCH3 is 1. The summed E-state index contributed by atoms with van der Waals surface area (Å²) in [6.07, 6.45) is 2.02. The number of esters is 1. The lowest BCUT2D eigenvalue weighted by Gasteiger charge is -2.33. The number of hydrogen-bond donors (Lipinski definition) is 1. The molecule has 0 saturated carbocycles. The quantitative estimate of drug-likeness (QED) is 0.458. The third-order valence-corrected chi connectivity index (χ3v) is 5.49. The average Bonchev–Trinajstić information content (AvgIpc) is 3.28. The number of carbonyl (C=O) groups is 1. The predicted octanol–water partition coefficient (Wildman–Crippen LogP) is 5.38. The van der Waals surface area contributed by atoms with Gasteiger partial charge in [0.05, 0.1) is 42.3 Å². The summed E-state index contributed by atoms with van der Waals surface area (Å²) in [7, 11) is 1.41. The minimum atomic E-state index is -0.260. The van der Waals surface area contributed by atoms with Gasteiger partial charge in [0, 0.05) is 16.0 Å². The molecule has 2 aromatic heterocycles. The number of nitrogens with one attached hydrogen (secondary N) is 1. The number of nitrogens with zero attached hydrogens (tertiary/aromatic N) is 3. The Labute approximate surface area is 173 Å². The van der Waals surface area contributed by atoms with Gasteiger partial charge in [0.15, 0.2) is 0 Å². The number of aromatic nitrogens is 4. The van der Waals surface area contributed by atoms with E-state index >= 15 is 0 Å². The molecular formula is C22H23ClN4O2. The lowest BCUT2D eigenvalue weighted by Crippen LogP contribution is -2.28. The molecule has 0 spiro atoms. The first kappa shape index (κ1) is 19.5. The molecule has 2 heterocycles. The first-order valence-electron chi connectivity index (χ1n) is 9.46. The highest BCUT2D eigenvalue weighted by Crippen LogP contribution is 2.40. The van der Waals surface area contributed by atoms with Gasteiger partial charge in [-0.3, -0.25) is 9.89 Å². The van der Waals surface area contributed by atoms with Crippen molar-refractivity contribution in [3.63, 3.8) is 0 Å². The summed E-state index contributed by atoms with van der Waals surface area (Å²) >= 11 is 6.32. The summed E-state index contributed by atoms with van der Waals surface area (Å²) in [6, 6.07) is 11.5. The summed E-state index contributed by atoms with van der Waals surface area (Å²) in [5, 5.41) is 8.77. The van der Waals surface area contributed by atoms with E-state index in [2.05, 4.69) is 35.5 Å². The molecule has 4 aromatic rings. The summed E-state index contributed by atoms with van der Waals surface area (Å²) in [6.45, 7) is 6.33. The van der Waals surface area contributed by atoms with Gasteiger partial charge in [-0.25, -0.2) is 4.98 Å². The number of fused-ring (bicyclic) bond motifs is 2. The first-order chi connectivity index (χ1) is 13.8. The number of benzene rings is 2. The Kier molecular flexibility index (Phi) is 4.82. The van der Waals surface area contributed by atoms with Gasteiger partial charge in [0.2, 0.25) is 0 Å². The summed E-state index contributed by atoms with van der Waals surface area (Å²) in [4.78, 5) is 17.2. The number of ether oxygens (including phenoxy) is 1. The van der Waals surface area contributed by atoms with Crippen LogP contribution in [0.1, 0.15) is 33.2 Å². The number of imidazole rings is 1. The molecule has 0 fully saturated rings. The van der Waals surface area contributed by atoms with E-state index in [0.717, 1.165) is 33.3 Å². The maximum absolute atomic E-state index is 12.3. The Morgan fingerprint density at radius 3 is 2.76 bits per heavy atom. The fraction of sp³-hybridized carbons (Fsp3) is 0.318. The number of aromatic amines is 1. The molecule has 150 valence electrons. The van der Waals surface area contributed by atoms with Crippen LogP contribution in [-0.4, -0.2) is 32.8 Å². The van der Waals surface area contributed by atoms with Crippen LogP contribution in [0.4, 0.5) is 0 Å². The second kappa shape index (κ2) is 7.19. The number of halogens is 1. The minimum absolute atomic E-state index is 0.175. The van der Waals surface area contributed by atoms with Crippen molar-refractivity contribution in [2.45, 2.75) is 33.2 Å². The Hall–Kier alpha value is -2.86. The van der Waals surface area contributed by atoms with E-state index in [4.69, 9.17) is 21.3 Å². The van der Waals surface area contributed by atoms with Crippen LogP contribution in [0.2, 0.25) is 5.02 Å². The molecule has 0 aliphatic carbocycles. The molecule has 0 amide bonds. The molecule has 6 nitrogen and oxygen atoms in total. The van der Waals surface area contributed by atoms with Crippen LogP contribution < -0.4 is 0 Å². The van der Waals surface area contributed by atoms with Crippen LogP contribution in [0.15, 0.2) is 42.6 Å². The van der Waals surface area contributed by atoms with Crippen LogP contribution in [0.25, 0.3) is 33.3 Å². The average molecular weight is 411 g/mol. The largest absolute Gasteiger partial charge is 0.469 e. The lowest BCUT2D eigenvalue weighted by atomic mass is 9.84. The molecule has 0 aliphatic heterocycles. The van der Waals surface area contributed by atoms with Gasteiger partial charge in [-0.15, -0.1) is 0 Å². The van der Waals surface area contributed by atoms with Crippen molar-refractivity contribution in [2.24, 2.45) is 5.41 Å². The Balaban J connectivity index is 2.00. The number of H-pyrrole nitrogens is 1. The summed E-state index contributed by atoms with van der Waals surface area (Å²) < 4.78 is 7.11. The van der Waals surface area contributed by atoms with Gasteiger partial charge in [-0.05, 0) is 29.7 Å². The van der Waals surface area contributed by atoms with Gasteiger partial charge in [0.1, 0.15) is 5.82 Å². The van der Waals surface area contributed by atoms with Gasteiger partial charge in [-0.2, -0.15) is 5.10 Å². The fourth-order valence-electron chi connectivity index (χ4n) is 3.69. The molecular weight excluding hydrogens is 388 g/mol. The molecule has 29 heavy (non-hydrogen) atoms. The van der Waals surface area contributed by atoms with Crippen molar-refractivity contribution in [3.8, 4) is 11.4 Å². The summed E-state index contributed by atoms with van der Waals surface area (Å²) in [5.74, 6) is 0.520. The molecule has 0 saturated heterocycles. The van der Waals surface area contributed by atoms with Crippen molar-refractivity contribution in [3.05, 3.63) is 47.6 Å². The van der Waals surface area contributed by atoms with E-state index in [1.165, 1.54) is 7.11 Å². The molecule has 1 N–H and O–H groups in total. The zero-order valence-corrected chi connectivity index (χ0v) is 17.6. The number of rotatable bonds is 4. The Bertz CT molecular complexity index is 1200. The zero-order chi connectivity index (χ0) is 20.8. The van der Waals surface area contributed by atoms with E-state index < -0.39 is 0 Å². The highest BCUT2D eigenvalue weighted by molar-refractivity contribution is 6.31. The van der Waals surface area contributed by atoms with Crippen LogP contribution in [0.5, 0.6) is 0 Å². The van der Waals surface area contributed by atoms with E-state index in [0.29, 0.717) is 5.02 Å². The number of carbonyl (C=O) groups excluding carboxylic acids is 1. The third kappa shape index (κ3) is 3.60. The smallest absolute Gasteiger partial charge is 0.307 e. The molecule has 7 heteroatoms. The van der Waals surface area contributed by atoms with E-state index in [1.807, 2.05) is 36.4 Å². The maximum Gasteiger partial charge on any atom is 0.307 e. The standard InChI is InChI=1S/C22H23ClN4O2/c1-22(2,3)19(11-20(28)29-4)27-18-10-15(23)7-8-16(18)25-21(27)13-5-6-14-12-24-26-17(14)9-13/h5-10,12,19H,11H2,1-4H3,(H,24,26)/t19-/m0/s1. The second-order valence-corrected chi connectivity index (χ2v) is 8.71. The molecule has 0 radical (unpaired) electrons. The highest BCUT2D eigenvalue weighted by atomic mass is 35.5. The van der Waals surface area contributed by atoms with Gasteiger partial charge >= 0.3 is 5.97 Å². The second-order valence-electron chi connectivity index (χ2n) is 8.27. The first-order valence-corrected chi connectivity index (χ1v) is 9.83. The third-order valence-electron chi connectivity index (χ3n) is 5.25. The molecule has 2 aromatic carbocycles. The molecule has 4 rings (SSSR count). The van der Waals surface area contributed by atoms with Crippen molar-refractivity contribution in [1.29, 1.82) is 0 Å². The highest BCUT2D eigenvalue weighted by Gasteiger charge is 2.32. The molecule has 0 aliphatic rings. The van der Waals surface area contributed by atoms with Crippen LogP contribution >= 0.6 is 11.6 Å². The van der Waals surface area contributed by atoms with Crippen molar-refractivity contribution < 1.29 is 9.53 Å². The molecule has 1 atom stereocenters. The molecule has 0 unspecified atom stereocenters. The predicted molar refractivity (Wildman–Crippen MR) is 115 cm³/mol. The molecule has 0 bridgehead atoms. The van der Waals surface area contributed by atoms with Gasteiger partial charge in [-0.1, -0.05) is 44.5 Å². The van der Waals surface area contributed by atoms with Crippen molar-refractivity contribution >= 4 is 39.5 Å². The lowest BCUT2D eigenvalue weighted by molar-refractivity contribution is -0.142. The zero-order valence-electron chi connectivity index (χ0n) is 16.9. The van der Waals surface area contributed by atoms with E-state index in [1.54, 1.807) is 6.20 Å². The maximum atomic E-state index is 12.3. The SMILES string of the molecule is COC(=O)C[C@H](n1c(-c2ccc3cn[nH]c3c2)nc2ccc(Cl)cc21)C(C)(C)C. The van der Waals surface area contributed by atoms with Crippen molar-refractivity contribution in [1.82, 2.24) is 19.7 Å². The van der Waals surface area contributed by atoms with Crippen LogP contribution in [0, 0.1) is 5.41 Å². The normalized spacial score (nSPS) is 13.1. The fourth-order valence-corrected chi connectivity index (χ4v) is 3.85.